The average Bonchev–Trinajstić information content (AvgIpc) is 2.42. The van der Waals surface area contributed by atoms with Gasteiger partial charge in [-0.15, -0.1) is 0 Å². The monoisotopic (exact) mass is 255 g/mol. The molecule has 2 aromatic rings. The van der Waals surface area contributed by atoms with E-state index >= 15 is 0 Å². The Hall–Kier alpha value is -2.38. The molecule has 0 fully saturated rings. The van der Waals surface area contributed by atoms with Gasteiger partial charge >= 0.3 is 0 Å². The highest BCUT2D eigenvalue weighted by Gasteiger charge is 2.04. The smallest absolute Gasteiger partial charge is 0.123 e. The number of rotatable bonds is 4. The molecule has 4 heteroatoms. The molecule has 0 saturated carbocycles. The number of nitriles is 1. The molecule has 0 aliphatic carbocycles. The van der Waals surface area contributed by atoms with Gasteiger partial charge in [0.25, 0.3) is 0 Å². The van der Waals surface area contributed by atoms with Crippen LogP contribution in [0.5, 0.6) is 0 Å². The van der Waals surface area contributed by atoms with Crippen molar-refractivity contribution in [1.82, 2.24) is 0 Å². The largest absolute Gasteiger partial charge is 0.355 e. The second-order valence-corrected chi connectivity index (χ2v) is 4.16. The molecule has 96 valence electrons. The van der Waals surface area contributed by atoms with Crippen molar-refractivity contribution in [3.05, 3.63) is 59.4 Å². The van der Waals surface area contributed by atoms with Gasteiger partial charge in [0.1, 0.15) is 5.82 Å². The zero-order valence-corrected chi connectivity index (χ0v) is 10.4. The van der Waals surface area contributed by atoms with Crippen LogP contribution in [0.2, 0.25) is 0 Å². The van der Waals surface area contributed by atoms with Gasteiger partial charge in [-0.25, -0.2) is 4.39 Å². The Kier molecular flexibility index (Phi) is 4.11. The summed E-state index contributed by atoms with van der Waals surface area (Å²) in [5.74, 6) is -0.278. The Bertz CT molecular complexity index is 617. The molecule has 0 atom stereocenters. The third-order valence-corrected chi connectivity index (χ3v) is 2.75. The summed E-state index contributed by atoms with van der Waals surface area (Å²) < 4.78 is 13.2. The summed E-state index contributed by atoms with van der Waals surface area (Å²) in [6.45, 7) is 0.455. The zero-order valence-electron chi connectivity index (χ0n) is 10.4. The highest BCUT2D eigenvalue weighted by atomic mass is 19.1. The van der Waals surface area contributed by atoms with Crippen LogP contribution in [0, 0.1) is 17.1 Å². The third-order valence-electron chi connectivity index (χ3n) is 2.75. The first-order valence-corrected chi connectivity index (χ1v) is 5.98. The van der Waals surface area contributed by atoms with Crippen LogP contribution >= 0.6 is 0 Å². The highest BCUT2D eigenvalue weighted by molar-refractivity contribution is 5.64. The SMILES string of the molecule is N#Cc1cccc(Nc2ccc(F)cc2CCN)c1. The Labute approximate surface area is 111 Å². The second-order valence-electron chi connectivity index (χ2n) is 4.16. The summed E-state index contributed by atoms with van der Waals surface area (Å²) in [7, 11) is 0. The summed E-state index contributed by atoms with van der Waals surface area (Å²) in [4.78, 5) is 0. The minimum atomic E-state index is -0.278. The maximum Gasteiger partial charge on any atom is 0.123 e. The number of nitrogens with zero attached hydrogens (tertiary/aromatic N) is 1. The van der Waals surface area contributed by atoms with Gasteiger partial charge in [0, 0.05) is 11.4 Å². The van der Waals surface area contributed by atoms with Crippen molar-refractivity contribution < 1.29 is 4.39 Å². The summed E-state index contributed by atoms with van der Waals surface area (Å²) in [6.07, 6.45) is 0.595. The van der Waals surface area contributed by atoms with Crippen LogP contribution < -0.4 is 11.1 Å². The predicted octanol–water partition coefficient (Wildman–Crippen LogP) is 2.94. The van der Waals surface area contributed by atoms with Gasteiger partial charge in [-0.05, 0) is 54.9 Å². The molecule has 3 N–H and O–H groups in total. The summed E-state index contributed by atoms with van der Waals surface area (Å²) in [5.41, 5.74) is 8.53. The molecular weight excluding hydrogens is 241 g/mol. The summed E-state index contributed by atoms with van der Waals surface area (Å²) in [6, 6.07) is 13.8. The van der Waals surface area contributed by atoms with Gasteiger partial charge in [-0.3, -0.25) is 0 Å². The van der Waals surface area contributed by atoms with Crippen LogP contribution in [0.3, 0.4) is 0 Å². The highest BCUT2D eigenvalue weighted by Crippen LogP contribution is 2.22. The minimum Gasteiger partial charge on any atom is -0.355 e. The van der Waals surface area contributed by atoms with E-state index in [0.29, 0.717) is 18.5 Å². The van der Waals surface area contributed by atoms with Crippen LogP contribution in [0.25, 0.3) is 0 Å². The van der Waals surface area contributed by atoms with Gasteiger partial charge in [0.15, 0.2) is 0 Å². The molecule has 0 aliphatic rings. The lowest BCUT2D eigenvalue weighted by Gasteiger charge is -2.12. The molecule has 0 amide bonds. The molecule has 0 bridgehead atoms. The molecule has 0 heterocycles. The van der Waals surface area contributed by atoms with Gasteiger partial charge < -0.3 is 11.1 Å². The van der Waals surface area contributed by atoms with Crippen LogP contribution in [0.15, 0.2) is 42.5 Å². The molecule has 0 saturated heterocycles. The molecule has 0 unspecified atom stereocenters. The Morgan fingerprint density at radius 1 is 1.21 bits per heavy atom. The summed E-state index contributed by atoms with van der Waals surface area (Å²) in [5, 5.41) is 12.0. The first-order chi connectivity index (χ1) is 9.22. The van der Waals surface area contributed by atoms with Crippen LogP contribution in [0.1, 0.15) is 11.1 Å². The van der Waals surface area contributed by atoms with Gasteiger partial charge in [-0.2, -0.15) is 5.26 Å². The van der Waals surface area contributed by atoms with Crippen molar-refractivity contribution in [2.75, 3.05) is 11.9 Å². The fraction of sp³-hybridized carbons (Fsp3) is 0.133. The predicted molar refractivity (Wildman–Crippen MR) is 73.6 cm³/mol. The third kappa shape index (κ3) is 3.30. The van der Waals surface area contributed by atoms with Crippen LogP contribution in [-0.4, -0.2) is 6.54 Å². The molecule has 2 rings (SSSR count). The van der Waals surface area contributed by atoms with E-state index < -0.39 is 0 Å². The van der Waals surface area contributed by atoms with E-state index in [1.165, 1.54) is 12.1 Å². The number of hydrogen-bond donors (Lipinski definition) is 2. The van der Waals surface area contributed by atoms with Crippen LogP contribution in [0.4, 0.5) is 15.8 Å². The van der Waals surface area contributed by atoms with Gasteiger partial charge in [-0.1, -0.05) is 6.07 Å². The first kappa shape index (κ1) is 13.1. The number of halogens is 1. The Balaban J connectivity index is 2.29. The number of nitrogens with one attached hydrogen (secondary N) is 1. The van der Waals surface area contributed by atoms with E-state index in [0.717, 1.165) is 16.9 Å². The quantitative estimate of drug-likeness (QED) is 0.883. The first-order valence-electron chi connectivity index (χ1n) is 5.98. The average molecular weight is 255 g/mol. The molecule has 19 heavy (non-hydrogen) atoms. The molecule has 0 spiro atoms. The lowest BCUT2D eigenvalue weighted by atomic mass is 10.1. The van der Waals surface area contributed by atoms with Crippen LogP contribution in [-0.2, 0) is 6.42 Å². The van der Waals surface area contributed by atoms with Crippen molar-refractivity contribution >= 4 is 11.4 Å². The van der Waals surface area contributed by atoms with E-state index in [2.05, 4.69) is 11.4 Å². The maximum atomic E-state index is 13.2. The van der Waals surface area contributed by atoms with E-state index in [1.54, 1.807) is 24.3 Å². The number of nitrogens with two attached hydrogens (primary N) is 1. The van der Waals surface area contributed by atoms with Crippen molar-refractivity contribution in [2.24, 2.45) is 5.73 Å². The number of anilines is 2. The lowest BCUT2D eigenvalue weighted by Crippen LogP contribution is -2.05. The van der Waals surface area contributed by atoms with Crippen molar-refractivity contribution in [3.8, 4) is 6.07 Å². The second kappa shape index (κ2) is 5.98. The zero-order chi connectivity index (χ0) is 13.7. The van der Waals surface area contributed by atoms with E-state index in [1.807, 2.05) is 6.07 Å². The molecule has 0 aliphatic heterocycles. The standard InChI is InChI=1S/C15H14FN3/c16-13-4-5-15(12(9-13)6-7-17)19-14-3-1-2-11(8-14)10-18/h1-5,8-9,19H,6-7,17H2. The van der Waals surface area contributed by atoms with Gasteiger partial charge in [0.2, 0.25) is 0 Å². The Morgan fingerprint density at radius 2 is 2.05 bits per heavy atom. The topological polar surface area (TPSA) is 61.8 Å². The normalized spacial score (nSPS) is 9.95. The van der Waals surface area contributed by atoms with E-state index in [-0.39, 0.29) is 5.82 Å². The van der Waals surface area contributed by atoms with Crippen molar-refractivity contribution in [2.45, 2.75) is 6.42 Å². The Morgan fingerprint density at radius 3 is 2.79 bits per heavy atom. The number of benzene rings is 2. The fourth-order valence-electron chi connectivity index (χ4n) is 1.87. The minimum absolute atomic E-state index is 0.278. The molecule has 3 nitrogen and oxygen atoms in total. The van der Waals surface area contributed by atoms with Gasteiger partial charge in [0.05, 0.1) is 11.6 Å². The molecule has 0 radical (unpaired) electrons. The number of hydrogen-bond acceptors (Lipinski definition) is 3. The molecular formula is C15H14FN3. The maximum absolute atomic E-state index is 13.2. The molecule has 0 aromatic heterocycles. The van der Waals surface area contributed by atoms with Crippen molar-refractivity contribution in [3.63, 3.8) is 0 Å². The van der Waals surface area contributed by atoms with Crippen molar-refractivity contribution in [1.29, 1.82) is 5.26 Å². The molecule has 2 aromatic carbocycles. The van der Waals surface area contributed by atoms with E-state index in [9.17, 15) is 4.39 Å². The summed E-state index contributed by atoms with van der Waals surface area (Å²) >= 11 is 0. The van der Waals surface area contributed by atoms with E-state index in [4.69, 9.17) is 11.0 Å². The fourth-order valence-corrected chi connectivity index (χ4v) is 1.87. The lowest BCUT2D eigenvalue weighted by molar-refractivity contribution is 0.625.